The Balaban J connectivity index is 2.03. The van der Waals surface area contributed by atoms with Gasteiger partial charge in [-0.1, -0.05) is 18.2 Å². The fourth-order valence-corrected chi connectivity index (χ4v) is 3.30. The molecule has 0 aliphatic rings. The molecule has 2 aromatic carbocycles. The zero-order valence-electron chi connectivity index (χ0n) is 14.5. The highest BCUT2D eigenvalue weighted by Crippen LogP contribution is 2.27. The van der Waals surface area contributed by atoms with Crippen LogP contribution in [0, 0.1) is 18.3 Å². The maximum atomic E-state index is 13.4. The molecule has 0 fully saturated rings. The molecule has 2 heterocycles. The second-order valence-electron chi connectivity index (χ2n) is 6.26. The Kier molecular flexibility index (Phi) is 3.67. The molecule has 0 bridgehead atoms. The molecule has 2 aromatic heterocycles. The zero-order valence-corrected chi connectivity index (χ0v) is 14.5. The van der Waals surface area contributed by atoms with Gasteiger partial charge >= 0.3 is 0 Å². The number of benzene rings is 2. The van der Waals surface area contributed by atoms with Gasteiger partial charge in [0, 0.05) is 30.2 Å². The van der Waals surface area contributed by atoms with Crippen LogP contribution in [0.25, 0.3) is 27.6 Å². The van der Waals surface area contributed by atoms with Gasteiger partial charge < -0.3 is 0 Å². The van der Waals surface area contributed by atoms with Crippen molar-refractivity contribution in [2.24, 2.45) is 7.05 Å². The van der Waals surface area contributed by atoms with E-state index >= 15 is 0 Å². The summed E-state index contributed by atoms with van der Waals surface area (Å²) in [5.74, 6) is 0. The summed E-state index contributed by atoms with van der Waals surface area (Å²) < 4.78 is 3.41. The van der Waals surface area contributed by atoms with Gasteiger partial charge in [0.1, 0.15) is 0 Å². The van der Waals surface area contributed by atoms with Crippen molar-refractivity contribution in [2.75, 3.05) is 0 Å². The minimum atomic E-state index is -0.0795. The molecule has 0 unspecified atom stereocenters. The van der Waals surface area contributed by atoms with Crippen LogP contribution in [-0.2, 0) is 7.05 Å². The van der Waals surface area contributed by atoms with E-state index in [0.29, 0.717) is 10.9 Å². The molecule has 0 N–H and O–H groups in total. The average Bonchev–Trinajstić information content (AvgIpc) is 3.08. The van der Waals surface area contributed by atoms with Crippen molar-refractivity contribution in [2.45, 2.75) is 6.92 Å². The summed E-state index contributed by atoms with van der Waals surface area (Å²) in [5.41, 5.74) is 3.85. The molecule has 0 spiro atoms. The van der Waals surface area contributed by atoms with Gasteiger partial charge in [-0.2, -0.15) is 10.4 Å². The van der Waals surface area contributed by atoms with Crippen LogP contribution >= 0.6 is 0 Å². The number of hydrogen-bond donors (Lipinski definition) is 0. The van der Waals surface area contributed by atoms with E-state index in [1.54, 1.807) is 39.7 Å². The second kappa shape index (κ2) is 6.01. The maximum absolute atomic E-state index is 13.4. The van der Waals surface area contributed by atoms with Gasteiger partial charge in [0.2, 0.25) is 0 Å². The lowest BCUT2D eigenvalue weighted by molar-refractivity contribution is 0.768. The number of hydrogen-bond acceptors (Lipinski definition) is 3. The molecule has 0 aliphatic carbocycles. The first-order chi connectivity index (χ1) is 12.6. The van der Waals surface area contributed by atoms with Crippen molar-refractivity contribution < 1.29 is 0 Å². The largest absolute Gasteiger partial charge is 0.281 e. The molecule has 26 heavy (non-hydrogen) atoms. The van der Waals surface area contributed by atoms with Crippen molar-refractivity contribution in [3.63, 3.8) is 0 Å². The number of rotatable bonds is 2. The third-order valence-corrected chi connectivity index (χ3v) is 4.50. The van der Waals surface area contributed by atoms with Crippen LogP contribution in [0.3, 0.4) is 0 Å². The average molecular weight is 340 g/mol. The summed E-state index contributed by atoms with van der Waals surface area (Å²) in [6.07, 6.45) is 3.67. The van der Waals surface area contributed by atoms with Crippen LogP contribution in [0.15, 0.2) is 65.7 Å². The van der Waals surface area contributed by atoms with E-state index in [4.69, 9.17) is 5.26 Å². The molecule has 4 aromatic rings. The van der Waals surface area contributed by atoms with Crippen LogP contribution in [0.4, 0.5) is 0 Å². The van der Waals surface area contributed by atoms with Gasteiger partial charge in [0.15, 0.2) is 0 Å². The first-order valence-electron chi connectivity index (χ1n) is 8.23. The minimum Gasteiger partial charge on any atom is -0.281 e. The van der Waals surface area contributed by atoms with Crippen LogP contribution in [0.5, 0.6) is 0 Å². The molecule has 4 rings (SSSR count). The standard InChI is InChI=1S/C21H16N4O/c1-14-10-16-4-3-5-19(17-12-23-24(2)13-17)20(16)21(26)25(14)18-8-6-15(11-22)7-9-18/h3-10,12-13H,1-2H3. The number of pyridine rings is 1. The summed E-state index contributed by atoms with van der Waals surface area (Å²) >= 11 is 0. The quantitative estimate of drug-likeness (QED) is 0.560. The van der Waals surface area contributed by atoms with Gasteiger partial charge in [-0.3, -0.25) is 14.0 Å². The molecular weight excluding hydrogens is 324 g/mol. The predicted molar refractivity (Wildman–Crippen MR) is 101 cm³/mol. The molecule has 0 saturated carbocycles. The third kappa shape index (κ3) is 2.49. The molecule has 0 amide bonds. The minimum absolute atomic E-state index is 0.0795. The highest BCUT2D eigenvalue weighted by atomic mass is 16.1. The SMILES string of the molecule is Cc1cc2cccc(-c3cnn(C)c3)c2c(=O)n1-c1ccc(C#N)cc1. The maximum Gasteiger partial charge on any atom is 0.263 e. The lowest BCUT2D eigenvalue weighted by atomic mass is 10.0. The van der Waals surface area contributed by atoms with Gasteiger partial charge in [0.05, 0.1) is 23.2 Å². The number of aryl methyl sites for hydroxylation is 2. The number of aromatic nitrogens is 3. The van der Waals surface area contributed by atoms with Crippen molar-refractivity contribution in [1.29, 1.82) is 5.26 Å². The van der Waals surface area contributed by atoms with Crippen LogP contribution in [0.1, 0.15) is 11.3 Å². The predicted octanol–water partition coefficient (Wildman–Crippen LogP) is 3.57. The monoisotopic (exact) mass is 340 g/mol. The third-order valence-electron chi connectivity index (χ3n) is 4.50. The van der Waals surface area contributed by atoms with Crippen molar-refractivity contribution >= 4 is 10.8 Å². The van der Waals surface area contributed by atoms with E-state index in [1.807, 2.05) is 44.4 Å². The molecule has 0 aliphatic heterocycles. The van der Waals surface area contributed by atoms with E-state index in [-0.39, 0.29) is 5.56 Å². The highest BCUT2D eigenvalue weighted by molar-refractivity contribution is 5.96. The number of nitrogens with zero attached hydrogens (tertiary/aromatic N) is 4. The van der Waals surface area contributed by atoms with Gasteiger partial charge in [-0.05, 0) is 48.2 Å². The van der Waals surface area contributed by atoms with E-state index in [2.05, 4.69) is 11.2 Å². The lowest BCUT2D eigenvalue weighted by Gasteiger charge is -2.13. The molecule has 0 radical (unpaired) electrons. The van der Waals surface area contributed by atoms with Crippen molar-refractivity contribution in [1.82, 2.24) is 14.3 Å². The van der Waals surface area contributed by atoms with E-state index in [1.165, 1.54) is 0 Å². The summed E-state index contributed by atoms with van der Waals surface area (Å²) in [7, 11) is 1.85. The normalized spacial score (nSPS) is 10.8. The molecule has 5 nitrogen and oxygen atoms in total. The van der Waals surface area contributed by atoms with Crippen LogP contribution < -0.4 is 5.56 Å². The fourth-order valence-electron chi connectivity index (χ4n) is 3.30. The van der Waals surface area contributed by atoms with Gasteiger partial charge in [-0.15, -0.1) is 0 Å². The summed E-state index contributed by atoms with van der Waals surface area (Å²) in [6.45, 7) is 1.91. The molecule has 0 atom stereocenters. The van der Waals surface area contributed by atoms with Gasteiger partial charge in [0.25, 0.3) is 5.56 Å². The number of fused-ring (bicyclic) bond motifs is 1. The van der Waals surface area contributed by atoms with E-state index < -0.39 is 0 Å². The molecule has 126 valence electrons. The summed E-state index contributed by atoms with van der Waals surface area (Å²) in [5, 5.41) is 14.8. The molecular formula is C21H16N4O. The van der Waals surface area contributed by atoms with Crippen molar-refractivity contribution in [3.05, 3.63) is 82.5 Å². The zero-order chi connectivity index (χ0) is 18.3. The first-order valence-corrected chi connectivity index (χ1v) is 8.23. The fraction of sp³-hybridized carbons (Fsp3) is 0.0952. The Bertz CT molecular complexity index is 1220. The first kappa shape index (κ1) is 15.9. The Hall–Kier alpha value is -3.65. The summed E-state index contributed by atoms with van der Waals surface area (Å²) in [4.78, 5) is 13.4. The summed E-state index contributed by atoms with van der Waals surface area (Å²) in [6, 6.07) is 17.0. The van der Waals surface area contributed by atoms with Crippen LogP contribution in [-0.4, -0.2) is 14.3 Å². The van der Waals surface area contributed by atoms with E-state index in [9.17, 15) is 4.79 Å². The van der Waals surface area contributed by atoms with Gasteiger partial charge in [-0.25, -0.2) is 0 Å². The second-order valence-corrected chi connectivity index (χ2v) is 6.26. The molecule has 0 saturated heterocycles. The Morgan fingerprint density at radius 2 is 1.88 bits per heavy atom. The Morgan fingerprint density at radius 3 is 2.54 bits per heavy atom. The Morgan fingerprint density at radius 1 is 1.12 bits per heavy atom. The van der Waals surface area contributed by atoms with Crippen LogP contribution in [0.2, 0.25) is 0 Å². The Labute approximate surface area is 150 Å². The number of nitriles is 1. The van der Waals surface area contributed by atoms with E-state index in [0.717, 1.165) is 27.9 Å². The van der Waals surface area contributed by atoms with Crippen molar-refractivity contribution in [3.8, 4) is 22.9 Å². The highest BCUT2D eigenvalue weighted by Gasteiger charge is 2.14. The smallest absolute Gasteiger partial charge is 0.263 e. The topological polar surface area (TPSA) is 63.6 Å². The molecule has 5 heteroatoms. The lowest BCUT2D eigenvalue weighted by Crippen LogP contribution is -2.21.